The molecule has 2 aliphatic heterocycles. The van der Waals surface area contributed by atoms with Crippen LogP contribution in [0.2, 0.25) is 0 Å². The highest BCUT2D eigenvalue weighted by Crippen LogP contribution is 2.38. The van der Waals surface area contributed by atoms with Crippen LogP contribution in [0.25, 0.3) is 11.0 Å². The third-order valence-electron chi connectivity index (χ3n) is 5.44. The second-order valence-corrected chi connectivity index (χ2v) is 7.43. The summed E-state index contributed by atoms with van der Waals surface area (Å²) in [6, 6.07) is 2.92. The molecule has 0 aliphatic carbocycles. The van der Waals surface area contributed by atoms with Crippen LogP contribution in [0, 0.1) is 0 Å². The number of halogens is 3. The Morgan fingerprint density at radius 1 is 1.14 bits per heavy atom. The topological polar surface area (TPSA) is 56.6 Å². The molecule has 1 saturated heterocycles. The SMILES string of the molecule is CC1CCCC(C)N1C(=O)Cn1c(C(F)(F)F)nc2cc3c(cc21)OCCO3. The molecule has 4 rings (SSSR count). The predicted molar refractivity (Wildman–Crippen MR) is 95.3 cm³/mol. The first-order valence-electron chi connectivity index (χ1n) is 9.44. The number of piperidine rings is 1. The lowest BCUT2D eigenvalue weighted by Crippen LogP contribution is -2.48. The summed E-state index contributed by atoms with van der Waals surface area (Å²) in [5.74, 6) is -0.697. The fraction of sp³-hybridized carbons (Fsp3) is 0.579. The van der Waals surface area contributed by atoms with Crippen molar-refractivity contribution >= 4 is 16.9 Å². The van der Waals surface area contributed by atoms with Crippen LogP contribution in [0.4, 0.5) is 13.2 Å². The molecule has 6 nitrogen and oxygen atoms in total. The molecule has 28 heavy (non-hydrogen) atoms. The van der Waals surface area contributed by atoms with Crippen molar-refractivity contribution in [1.29, 1.82) is 0 Å². The highest BCUT2D eigenvalue weighted by molar-refractivity contribution is 5.84. The Balaban J connectivity index is 1.76. The van der Waals surface area contributed by atoms with E-state index in [1.807, 2.05) is 13.8 Å². The van der Waals surface area contributed by atoms with Gasteiger partial charge in [0.2, 0.25) is 11.7 Å². The molecule has 0 N–H and O–H groups in total. The number of carbonyl (C=O) groups is 1. The molecule has 3 heterocycles. The maximum atomic E-state index is 13.6. The van der Waals surface area contributed by atoms with Gasteiger partial charge in [0.25, 0.3) is 0 Å². The Bertz CT molecular complexity index is 899. The average molecular weight is 397 g/mol. The van der Waals surface area contributed by atoms with Crippen LogP contribution in [-0.2, 0) is 17.5 Å². The number of rotatable bonds is 2. The molecule has 0 spiro atoms. The standard InChI is InChI=1S/C19H22F3N3O3/c1-11-4-3-5-12(2)25(11)17(26)10-24-14-9-16-15(27-6-7-28-16)8-13(14)23-18(24)19(20,21)22/h8-9,11-12H,3-7,10H2,1-2H3. The van der Waals surface area contributed by atoms with E-state index in [2.05, 4.69) is 4.98 Å². The predicted octanol–water partition coefficient (Wildman–Crippen LogP) is 3.62. The zero-order chi connectivity index (χ0) is 20.1. The highest BCUT2D eigenvalue weighted by Gasteiger charge is 2.39. The van der Waals surface area contributed by atoms with Gasteiger partial charge < -0.3 is 18.9 Å². The van der Waals surface area contributed by atoms with Crippen molar-refractivity contribution in [3.8, 4) is 11.5 Å². The lowest BCUT2D eigenvalue weighted by molar-refractivity contribution is -0.148. The van der Waals surface area contributed by atoms with E-state index in [-0.39, 0.29) is 29.0 Å². The molecule has 0 saturated carbocycles. The molecule has 1 amide bonds. The number of nitrogens with zero attached hydrogens (tertiary/aromatic N) is 3. The number of likely N-dealkylation sites (tertiary alicyclic amines) is 1. The first kappa shape index (κ1) is 18.9. The summed E-state index contributed by atoms with van der Waals surface area (Å²) in [5, 5.41) is 0. The number of carbonyl (C=O) groups excluding carboxylic acids is 1. The van der Waals surface area contributed by atoms with Crippen LogP contribution >= 0.6 is 0 Å². The van der Waals surface area contributed by atoms with Crippen LogP contribution in [0.15, 0.2) is 12.1 Å². The van der Waals surface area contributed by atoms with Crippen molar-refractivity contribution in [3.05, 3.63) is 18.0 Å². The van der Waals surface area contributed by atoms with E-state index in [4.69, 9.17) is 9.47 Å². The fourth-order valence-electron chi connectivity index (χ4n) is 4.17. The van der Waals surface area contributed by atoms with E-state index in [1.165, 1.54) is 12.1 Å². The molecule has 1 aromatic heterocycles. The maximum Gasteiger partial charge on any atom is 0.449 e. The molecule has 152 valence electrons. The molecule has 1 aromatic carbocycles. The van der Waals surface area contributed by atoms with Crippen LogP contribution < -0.4 is 9.47 Å². The smallest absolute Gasteiger partial charge is 0.449 e. The van der Waals surface area contributed by atoms with Gasteiger partial charge in [-0.25, -0.2) is 4.98 Å². The van der Waals surface area contributed by atoms with Crippen molar-refractivity contribution in [2.45, 2.75) is 57.9 Å². The number of ether oxygens (including phenoxy) is 2. The second-order valence-electron chi connectivity index (χ2n) is 7.43. The summed E-state index contributed by atoms with van der Waals surface area (Å²) in [6.45, 7) is 4.10. The van der Waals surface area contributed by atoms with Gasteiger partial charge in [0.1, 0.15) is 19.8 Å². The quantitative estimate of drug-likeness (QED) is 0.777. The van der Waals surface area contributed by atoms with E-state index in [0.29, 0.717) is 24.7 Å². The van der Waals surface area contributed by atoms with Crippen molar-refractivity contribution in [1.82, 2.24) is 14.5 Å². The third kappa shape index (κ3) is 3.27. The molecule has 2 atom stereocenters. The minimum Gasteiger partial charge on any atom is -0.486 e. The van der Waals surface area contributed by atoms with Crippen molar-refractivity contribution < 1.29 is 27.4 Å². The van der Waals surface area contributed by atoms with Crippen LogP contribution in [0.1, 0.15) is 38.9 Å². The van der Waals surface area contributed by atoms with Gasteiger partial charge in [-0.2, -0.15) is 13.2 Å². The molecule has 9 heteroatoms. The fourth-order valence-corrected chi connectivity index (χ4v) is 4.17. The van der Waals surface area contributed by atoms with Gasteiger partial charge in [0, 0.05) is 24.2 Å². The first-order chi connectivity index (χ1) is 13.3. The lowest BCUT2D eigenvalue weighted by Gasteiger charge is -2.39. The van der Waals surface area contributed by atoms with Gasteiger partial charge in [0.05, 0.1) is 11.0 Å². The normalized spacial score (nSPS) is 22.5. The van der Waals surface area contributed by atoms with Gasteiger partial charge >= 0.3 is 6.18 Å². The van der Waals surface area contributed by atoms with Crippen molar-refractivity contribution in [2.75, 3.05) is 13.2 Å². The van der Waals surface area contributed by atoms with E-state index >= 15 is 0 Å². The third-order valence-corrected chi connectivity index (χ3v) is 5.44. The van der Waals surface area contributed by atoms with Crippen LogP contribution in [0.5, 0.6) is 11.5 Å². The van der Waals surface area contributed by atoms with E-state index in [9.17, 15) is 18.0 Å². The number of aromatic nitrogens is 2. The summed E-state index contributed by atoms with van der Waals surface area (Å²) in [7, 11) is 0. The zero-order valence-electron chi connectivity index (χ0n) is 15.8. The van der Waals surface area contributed by atoms with Gasteiger partial charge in [-0.15, -0.1) is 0 Å². The molecule has 0 bridgehead atoms. The lowest BCUT2D eigenvalue weighted by atomic mass is 9.97. The molecular formula is C19H22F3N3O3. The minimum atomic E-state index is -4.68. The summed E-state index contributed by atoms with van der Waals surface area (Å²) in [6.07, 6.45) is -1.96. The van der Waals surface area contributed by atoms with Gasteiger partial charge in [-0.1, -0.05) is 0 Å². The van der Waals surface area contributed by atoms with Crippen LogP contribution in [0.3, 0.4) is 0 Å². The average Bonchev–Trinajstić information content (AvgIpc) is 2.97. The Morgan fingerprint density at radius 3 is 2.36 bits per heavy atom. The number of alkyl halides is 3. The number of hydrogen-bond donors (Lipinski definition) is 0. The number of amides is 1. The van der Waals surface area contributed by atoms with E-state index < -0.39 is 18.5 Å². The van der Waals surface area contributed by atoms with Gasteiger partial charge in [-0.3, -0.25) is 4.79 Å². The molecule has 2 aliphatic rings. The zero-order valence-corrected chi connectivity index (χ0v) is 15.8. The summed E-state index contributed by atoms with van der Waals surface area (Å²) >= 11 is 0. The first-order valence-corrected chi connectivity index (χ1v) is 9.44. The number of fused-ring (bicyclic) bond motifs is 2. The molecule has 2 unspecified atom stereocenters. The number of imidazole rings is 1. The number of benzene rings is 1. The maximum absolute atomic E-state index is 13.6. The molecule has 2 aromatic rings. The summed E-state index contributed by atoms with van der Waals surface area (Å²) in [5.41, 5.74) is 0.339. The van der Waals surface area contributed by atoms with Crippen molar-refractivity contribution in [2.24, 2.45) is 0 Å². The van der Waals surface area contributed by atoms with Crippen molar-refractivity contribution in [3.63, 3.8) is 0 Å². The summed E-state index contributed by atoms with van der Waals surface area (Å²) in [4.78, 5) is 18.4. The molecule has 1 fully saturated rings. The molecular weight excluding hydrogens is 375 g/mol. The van der Waals surface area contributed by atoms with Crippen LogP contribution in [-0.4, -0.2) is 45.7 Å². The Hall–Kier alpha value is -2.45. The largest absolute Gasteiger partial charge is 0.486 e. The monoisotopic (exact) mass is 397 g/mol. The number of hydrogen-bond acceptors (Lipinski definition) is 4. The Kier molecular flexibility index (Phi) is 4.63. The van der Waals surface area contributed by atoms with E-state index in [0.717, 1.165) is 23.8 Å². The minimum absolute atomic E-state index is 0.00450. The van der Waals surface area contributed by atoms with Gasteiger partial charge in [-0.05, 0) is 33.1 Å². The Morgan fingerprint density at radius 2 is 1.75 bits per heavy atom. The highest BCUT2D eigenvalue weighted by atomic mass is 19.4. The summed E-state index contributed by atoms with van der Waals surface area (Å²) < 4.78 is 52.8. The Labute approximate surface area is 160 Å². The van der Waals surface area contributed by atoms with E-state index in [1.54, 1.807) is 4.90 Å². The second kappa shape index (κ2) is 6.86. The molecule has 0 radical (unpaired) electrons. The van der Waals surface area contributed by atoms with Gasteiger partial charge in [0.15, 0.2) is 11.5 Å².